The molecular weight excluding hydrogens is 1580 g/mol. The highest BCUT2D eigenvalue weighted by molar-refractivity contribution is 5.81. The largest absolute Gasteiger partial charge is 0.441 e. The summed E-state index contributed by atoms with van der Waals surface area (Å²) < 4.78 is 55.4. The normalized spacial score (nSPS) is 13.1. The van der Waals surface area contributed by atoms with Crippen LogP contribution in [0.4, 0.5) is 24.0 Å². The van der Waals surface area contributed by atoms with E-state index in [4.69, 9.17) is 47.4 Å². The monoisotopic (exact) mass is 1730 g/mol. The Hall–Kier alpha value is -10.2. The predicted molar refractivity (Wildman–Crippen MR) is 489 cm³/mol. The quantitative estimate of drug-likeness (QED) is 0.0291. The first-order chi connectivity index (χ1) is 56.4. The first-order valence-corrected chi connectivity index (χ1v) is 42.5. The molecule has 5 N–H and O–H groups in total. The van der Waals surface area contributed by atoms with Crippen LogP contribution in [0.25, 0.3) is 0 Å². The van der Waals surface area contributed by atoms with Crippen molar-refractivity contribution in [3.05, 3.63) is 147 Å². The topological polar surface area (TPSA) is 323 Å². The summed E-state index contributed by atoms with van der Waals surface area (Å²) in [7, 11) is 7.67. The molecule has 0 radical (unpaired) electrons. The molecule has 25 nitrogen and oxygen atoms in total. The molecule has 5 atom stereocenters. The maximum absolute atomic E-state index is 12.3. The van der Waals surface area contributed by atoms with Crippen LogP contribution >= 0.6 is 0 Å². The first kappa shape index (κ1) is 112. The van der Waals surface area contributed by atoms with E-state index in [-0.39, 0.29) is 56.9 Å². The number of hydrogen-bond donors (Lipinski definition) is 5. The van der Waals surface area contributed by atoms with Crippen LogP contribution < -0.4 is 50.3 Å². The van der Waals surface area contributed by atoms with Crippen molar-refractivity contribution in [3.8, 4) is 28.7 Å². The lowest BCUT2D eigenvalue weighted by Gasteiger charge is -2.31. The van der Waals surface area contributed by atoms with Crippen molar-refractivity contribution < 1.29 is 95.3 Å². The fourth-order valence-electron chi connectivity index (χ4n) is 11.4. The summed E-state index contributed by atoms with van der Waals surface area (Å²) in [6, 6.07) is 27.6. The molecule has 5 amide bonds. The minimum absolute atomic E-state index is 0.267. The number of aryl methyl sites for hydroxylation is 5. The summed E-state index contributed by atoms with van der Waals surface area (Å²) >= 11 is 0. The van der Waals surface area contributed by atoms with Crippen molar-refractivity contribution >= 4 is 60.3 Å². The number of rotatable bonds is 19. The van der Waals surface area contributed by atoms with E-state index >= 15 is 0 Å². The van der Waals surface area contributed by atoms with Gasteiger partial charge in [0.1, 0.15) is 59.3 Å². The van der Waals surface area contributed by atoms with Gasteiger partial charge in [0.2, 0.25) is 0 Å². The molecule has 25 heteroatoms. The third-order valence-corrected chi connectivity index (χ3v) is 18.4. The molecule has 5 rings (SSSR count). The zero-order valence-corrected chi connectivity index (χ0v) is 82.5. The zero-order chi connectivity index (χ0) is 96.4. The molecule has 0 saturated heterocycles. The number of alkyl carbamates (subject to hydrolysis) is 5. The Morgan fingerprint density at radius 1 is 0.266 bits per heavy atom. The predicted octanol–water partition coefficient (Wildman–Crippen LogP) is 23.2. The van der Waals surface area contributed by atoms with E-state index in [9.17, 15) is 47.9 Å². The number of esters is 5. The average molecular weight is 1730 g/mol. The minimum Gasteiger partial charge on any atom is -0.441 e. The van der Waals surface area contributed by atoms with Crippen LogP contribution in [0.5, 0.6) is 28.7 Å². The van der Waals surface area contributed by atoms with E-state index in [1.54, 1.807) is 65.2 Å². The molecule has 0 aliphatic carbocycles. The number of carbonyl (C=O) groups excluding carboxylic acids is 10. The average Bonchev–Trinajstić information content (AvgIpc) is 0.796. The summed E-state index contributed by atoms with van der Waals surface area (Å²) in [4.78, 5) is 119. The van der Waals surface area contributed by atoms with Gasteiger partial charge >= 0.3 is 60.3 Å². The molecule has 0 spiro atoms. The Bertz CT molecular complexity index is 4240. The van der Waals surface area contributed by atoms with Crippen LogP contribution in [-0.2, 0) is 60.5 Å². The molecule has 0 aromatic heterocycles. The van der Waals surface area contributed by atoms with E-state index in [0.29, 0.717) is 28.7 Å². The molecule has 0 aliphatic rings. The van der Waals surface area contributed by atoms with Crippen LogP contribution in [-0.4, -0.2) is 95.6 Å². The van der Waals surface area contributed by atoms with Crippen LogP contribution in [0.3, 0.4) is 0 Å². The van der Waals surface area contributed by atoms with E-state index < -0.39 is 88.1 Å². The van der Waals surface area contributed by atoms with Gasteiger partial charge in [0.15, 0.2) is 0 Å². The smallest absolute Gasteiger partial charge is 0.407 e. The van der Waals surface area contributed by atoms with Crippen molar-refractivity contribution in [2.24, 2.45) is 54.1 Å². The zero-order valence-electron chi connectivity index (χ0n) is 82.5. The highest BCUT2D eigenvalue weighted by Crippen LogP contribution is 2.44. The van der Waals surface area contributed by atoms with Gasteiger partial charge < -0.3 is 74.0 Å². The summed E-state index contributed by atoms with van der Waals surface area (Å²) in [5.41, 5.74) is 4.50. The van der Waals surface area contributed by atoms with Gasteiger partial charge in [-0.3, -0.25) is 24.0 Å². The molecule has 0 saturated carbocycles. The van der Waals surface area contributed by atoms with Crippen molar-refractivity contribution in [2.45, 2.75) is 299 Å². The van der Waals surface area contributed by atoms with Crippen LogP contribution in [0.15, 0.2) is 91.0 Å². The summed E-state index contributed by atoms with van der Waals surface area (Å²) in [5, 5.41) is 12.4. The molecule has 124 heavy (non-hydrogen) atoms. The number of benzene rings is 5. The number of ether oxygens (including phenoxy) is 10. The van der Waals surface area contributed by atoms with Crippen LogP contribution in [0.1, 0.15) is 321 Å². The van der Waals surface area contributed by atoms with Crippen molar-refractivity contribution in [1.82, 2.24) is 26.6 Å². The summed E-state index contributed by atoms with van der Waals surface area (Å²) in [6.45, 7) is 67.2. The summed E-state index contributed by atoms with van der Waals surface area (Å²) in [6.07, 6.45) is -1.04. The first-order valence-electron chi connectivity index (χ1n) is 42.5. The van der Waals surface area contributed by atoms with Crippen LogP contribution in [0, 0.1) is 74.9 Å². The molecule has 5 unspecified atom stereocenters. The molecule has 694 valence electrons. The Balaban J connectivity index is 0.000000776. The second-order valence-electron chi connectivity index (χ2n) is 41.5. The summed E-state index contributed by atoms with van der Waals surface area (Å²) in [5.74, 6) is 1.32. The highest BCUT2D eigenvalue weighted by Gasteiger charge is 2.38. The maximum Gasteiger partial charge on any atom is 0.407 e. The second-order valence-corrected chi connectivity index (χ2v) is 41.5. The van der Waals surface area contributed by atoms with Gasteiger partial charge in [-0.25, -0.2) is 24.0 Å². The standard InChI is InChI=1S/2C21H33NO4.C20H31NO4.C19H29NO4.C18H27NO4/c2*1-9-10-14-13-15(17(20(2,3)4)26-19(24)22-8)11-12-16(14)25-18(23)21(5,6)7;1-12-10-14(16(19(3,4)5)25-18(23)21-9)11-13(2)15(12)24-17(22)20(6,7)8;1-12-11-13(15(18(2,3)4)24-17(22)20-8)9-10-14(12)23-16(21)19(5,6)7;1-17(2,3)14(23-16(21)19-7)12-8-10-13(11-9-12)22-15(20)18(4,5)6/h2*11-13,17H,9-10H2,1-8H3,(H,22,24);10-11,16H,1-9H3,(H,21,23);9-11,15H,1-8H3,(H,20,22);8-11,14H,1-7H3,(H,19,21). The van der Waals surface area contributed by atoms with E-state index in [1.165, 1.54) is 21.1 Å². The Labute approximate surface area is 741 Å². The molecule has 0 fully saturated rings. The van der Waals surface area contributed by atoms with E-state index in [1.807, 2.05) is 268 Å². The van der Waals surface area contributed by atoms with Crippen molar-refractivity contribution in [3.63, 3.8) is 0 Å². The lowest BCUT2D eigenvalue weighted by Crippen LogP contribution is -2.29. The maximum atomic E-state index is 12.3. The number of carbonyl (C=O) groups is 10. The SMILES string of the molecule is CCCc1cc(C(OC(=O)NC)C(C)(C)C)ccc1OC(=O)C(C)(C)C.CCCc1cc(C(OC(=O)NC)C(C)(C)C)ccc1OC(=O)C(C)(C)C.CNC(=O)OC(c1cc(C)c(OC(=O)C(C)(C)C)c(C)c1)C(C)(C)C.CNC(=O)OC(c1ccc(OC(=O)C(C)(C)C)c(C)c1)C(C)(C)C.CNC(=O)OC(c1ccc(OC(=O)C(C)(C)C)cc1)C(C)(C)C. The lowest BCUT2D eigenvalue weighted by molar-refractivity contribution is -0.143. The van der Waals surface area contributed by atoms with Crippen molar-refractivity contribution in [1.29, 1.82) is 0 Å². The van der Waals surface area contributed by atoms with Crippen LogP contribution in [0.2, 0.25) is 0 Å². The number of hydrogen-bond acceptors (Lipinski definition) is 20. The van der Waals surface area contributed by atoms with Gasteiger partial charge in [-0.2, -0.15) is 0 Å². The Kier molecular flexibility index (Phi) is 42.1. The third-order valence-electron chi connectivity index (χ3n) is 18.4. The van der Waals surface area contributed by atoms with Gasteiger partial charge in [-0.15, -0.1) is 0 Å². The van der Waals surface area contributed by atoms with Gasteiger partial charge in [0.25, 0.3) is 0 Å². The highest BCUT2D eigenvalue weighted by atomic mass is 16.6. The Morgan fingerprint density at radius 2 is 0.484 bits per heavy atom. The lowest BCUT2D eigenvalue weighted by atomic mass is 9.83. The molecule has 0 bridgehead atoms. The minimum atomic E-state index is -0.576. The third kappa shape index (κ3) is 37.7. The van der Waals surface area contributed by atoms with Gasteiger partial charge in [-0.1, -0.05) is 161 Å². The van der Waals surface area contributed by atoms with Gasteiger partial charge in [0, 0.05) is 62.3 Å². The molecule has 5 aromatic carbocycles. The van der Waals surface area contributed by atoms with E-state index in [0.717, 1.165) is 81.3 Å². The van der Waals surface area contributed by atoms with E-state index in [2.05, 4.69) is 40.4 Å². The van der Waals surface area contributed by atoms with Gasteiger partial charge in [-0.05, 0) is 254 Å². The van der Waals surface area contributed by atoms with Crippen molar-refractivity contribution in [2.75, 3.05) is 35.2 Å². The second kappa shape index (κ2) is 46.7. The fraction of sp³-hybridized carbons (Fsp3) is 0.596. The number of amides is 5. The Morgan fingerprint density at radius 3 is 0.734 bits per heavy atom. The fourth-order valence-corrected chi connectivity index (χ4v) is 11.4. The number of nitrogens with one attached hydrogen (secondary N) is 5. The molecule has 5 aromatic rings. The molecule has 0 heterocycles. The van der Waals surface area contributed by atoms with Gasteiger partial charge in [0.05, 0.1) is 27.1 Å². The molecule has 0 aliphatic heterocycles. The molecular formula is C99H153N5O20.